The molecule has 0 aromatic carbocycles. The van der Waals surface area contributed by atoms with E-state index in [-0.39, 0.29) is 0 Å². The highest BCUT2D eigenvalue weighted by molar-refractivity contribution is 7.14. The van der Waals surface area contributed by atoms with Crippen LogP contribution in [0.5, 0.6) is 0 Å². The molecule has 0 unspecified atom stereocenters. The van der Waals surface area contributed by atoms with E-state index in [0.717, 1.165) is 27.8 Å². The van der Waals surface area contributed by atoms with Crippen molar-refractivity contribution in [2.45, 2.75) is 6.92 Å². The van der Waals surface area contributed by atoms with Gasteiger partial charge in [0.2, 0.25) is 0 Å². The number of thiazole rings is 1. The fraction of sp³-hybridized carbons (Fsp3) is 0.0714. The minimum atomic E-state index is 0.463. The van der Waals surface area contributed by atoms with Gasteiger partial charge in [-0.2, -0.15) is 0 Å². The SMILES string of the molecule is Cc1cccnc1Nc1nc(-c2ccnc(Cl)c2)cs1. The monoisotopic (exact) mass is 302 g/mol. The maximum Gasteiger partial charge on any atom is 0.188 e. The Labute approximate surface area is 125 Å². The Morgan fingerprint density at radius 2 is 2.10 bits per heavy atom. The molecule has 3 heterocycles. The molecule has 20 heavy (non-hydrogen) atoms. The largest absolute Gasteiger partial charge is 0.316 e. The first-order valence-electron chi connectivity index (χ1n) is 5.98. The third-order valence-corrected chi connectivity index (χ3v) is 3.73. The Hall–Kier alpha value is -1.98. The quantitative estimate of drug-likeness (QED) is 0.733. The third kappa shape index (κ3) is 2.79. The van der Waals surface area contributed by atoms with E-state index >= 15 is 0 Å². The van der Waals surface area contributed by atoms with Crippen LogP contribution in [0.1, 0.15) is 5.56 Å². The fourth-order valence-electron chi connectivity index (χ4n) is 1.74. The number of pyridine rings is 2. The number of hydrogen-bond acceptors (Lipinski definition) is 5. The molecule has 0 saturated carbocycles. The van der Waals surface area contributed by atoms with Crippen molar-refractivity contribution in [1.82, 2.24) is 15.0 Å². The maximum absolute atomic E-state index is 5.89. The summed E-state index contributed by atoms with van der Waals surface area (Å²) in [4.78, 5) is 12.8. The van der Waals surface area contributed by atoms with Crippen molar-refractivity contribution in [2.24, 2.45) is 0 Å². The minimum absolute atomic E-state index is 0.463. The number of aryl methyl sites for hydroxylation is 1. The standard InChI is InChI=1S/C14H11ClN4S/c1-9-3-2-5-17-13(9)19-14-18-11(8-20-14)10-4-6-16-12(15)7-10/h2-8H,1H3,(H,17,18,19). The Kier molecular flexibility index (Phi) is 3.62. The van der Waals surface area contributed by atoms with E-state index in [9.17, 15) is 0 Å². The van der Waals surface area contributed by atoms with E-state index in [1.165, 1.54) is 11.3 Å². The van der Waals surface area contributed by atoms with Crippen LogP contribution in [0, 0.1) is 6.92 Å². The van der Waals surface area contributed by atoms with Gasteiger partial charge in [-0.25, -0.2) is 15.0 Å². The maximum atomic E-state index is 5.89. The molecule has 100 valence electrons. The summed E-state index contributed by atoms with van der Waals surface area (Å²) in [7, 11) is 0. The van der Waals surface area contributed by atoms with Crippen LogP contribution in [0.25, 0.3) is 11.3 Å². The molecular weight excluding hydrogens is 292 g/mol. The lowest BCUT2D eigenvalue weighted by Gasteiger charge is -2.04. The van der Waals surface area contributed by atoms with Crippen LogP contribution in [-0.4, -0.2) is 15.0 Å². The van der Waals surface area contributed by atoms with Crippen LogP contribution in [0.4, 0.5) is 10.9 Å². The molecule has 6 heteroatoms. The van der Waals surface area contributed by atoms with E-state index in [1.54, 1.807) is 18.5 Å². The van der Waals surface area contributed by atoms with Crippen molar-refractivity contribution >= 4 is 33.9 Å². The predicted octanol–water partition coefficient (Wildman–Crippen LogP) is 4.31. The Bertz CT molecular complexity index is 741. The van der Waals surface area contributed by atoms with Gasteiger partial charge in [-0.3, -0.25) is 0 Å². The van der Waals surface area contributed by atoms with Gasteiger partial charge in [-0.15, -0.1) is 11.3 Å². The second kappa shape index (κ2) is 5.56. The van der Waals surface area contributed by atoms with Crippen LogP contribution in [0.3, 0.4) is 0 Å². The van der Waals surface area contributed by atoms with Gasteiger partial charge in [-0.1, -0.05) is 17.7 Å². The smallest absolute Gasteiger partial charge is 0.188 e. The summed E-state index contributed by atoms with van der Waals surface area (Å²) in [5.74, 6) is 0.821. The number of anilines is 2. The third-order valence-electron chi connectivity index (χ3n) is 2.76. The molecule has 0 atom stereocenters. The summed E-state index contributed by atoms with van der Waals surface area (Å²) in [6.07, 6.45) is 3.43. The Balaban J connectivity index is 1.86. The van der Waals surface area contributed by atoms with Gasteiger partial charge >= 0.3 is 0 Å². The zero-order valence-corrected chi connectivity index (χ0v) is 12.2. The molecule has 0 fully saturated rings. The average molecular weight is 303 g/mol. The first-order valence-corrected chi connectivity index (χ1v) is 7.24. The summed E-state index contributed by atoms with van der Waals surface area (Å²) in [6.45, 7) is 2.01. The van der Waals surface area contributed by atoms with Crippen LogP contribution < -0.4 is 5.32 Å². The van der Waals surface area contributed by atoms with E-state index in [0.29, 0.717) is 5.15 Å². The van der Waals surface area contributed by atoms with E-state index in [4.69, 9.17) is 11.6 Å². The number of nitrogens with zero attached hydrogens (tertiary/aromatic N) is 3. The van der Waals surface area contributed by atoms with Gasteiger partial charge in [0.05, 0.1) is 5.69 Å². The lowest BCUT2D eigenvalue weighted by Crippen LogP contribution is -1.95. The number of nitrogens with one attached hydrogen (secondary N) is 1. The molecule has 0 saturated heterocycles. The fourth-order valence-corrected chi connectivity index (χ4v) is 2.64. The highest BCUT2D eigenvalue weighted by Gasteiger charge is 2.07. The normalized spacial score (nSPS) is 10.5. The molecule has 3 rings (SSSR count). The zero-order chi connectivity index (χ0) is 13.9. The molecule has 0 amide bonds. The molecule has 0 aliphatic rings. The van der Waals surface area contributed by atoms with Gasteiger partial charge in [0.25, 0.3) is 0 Å². The minimum Gasteiger partial charge on any atom is -0.316 e. The topological polar surface area (TPSA) is 50.7 Å². The number of hydrogen-bond donors (Lipinski definition) is 1. The Morgan fingerprint density at radius 1 is 1.20 bits per heavy atom. The first-order chi connectivity index (χ1) is 9.72. The number of rotatable bonds is 3. The summed E-state index contributed by atoms with van der Waals surface area (Å²) < 4.78 is 0. The van der Waals surface area contributed by atoms with Crippen molar-refractivity contribution < 1.29 is 0 Å². The van der Waals surface area contributed by atoms with Crippen LogP contribution >= 0.6 is 22.9 Å². The second-order valence-electron chi connectivity index (χ2n) is 4.20. The molecule has 4 nitrogen and oxygen atoms in total. The van der Waals surface area contributed by atoms with Crippen molar-refractivity contribution in [3.05, 3.63) is 52.8 Å². The van der Waals surface area contributed by atoms with Crippen molar-refractivity contribution in [1.29, 1.82) is 0 Å². The second-order valence-corrected chi connectivity index (χ2v) is 5.44. The lowest BCUT2D eigenvalue weighted by atomic mass is 10.2. The van der Waals surface area contributed by atoms with E-state index < -0.39 is 0 Å². The summed E-state index contributed by atoms with van der Waals surface area (Å²) in [5.41, 5.74) is 2.90. The highest BCUT2D eigenvalue weighted by Crippen LogP contribution is 2.28. The molecule has 3 aromatic heterocycles. The molecule has 0 aliphatic carbocycles. The van der Waals surface area contributed by atoms with Gasteiger partial charge in [-0.05, 0) is 30.7 Å². The average Bonchev–Trinajstić information content (AvgIpc) is 2.90. The van der Waals surface area contributed by atoms with Crippen LogP contribution in [0.2, 0.25) is 5.15 Å². The van der Waals surface area contributed by atoms with Gasteiger partial charge in [0.1, 0.15) is 11.0 Å². The van der Waals surface area contributed by atoms with Gasteiger partial charge < -0.3 is 5.32 Å². The summed E-state index contributed by atoms with van der Waals surface area (Å²) in [6, 6.07) is 7.60. The van der Waals surface area contributed by atoms with E-state index in [1.807, 2.05) is 30.5 Å². The van der Waals surface area contributed by atoms with Gasteiger partial charge in [0, 0.05) is 23.3 Å². The number of aromatic nitrogens is 3. The van der Waals surface area contributed by atoms with Crippen LogP contribution in [0.15, 0.2) is 42.0 Å². The molecule has 3 aromatic rings. The molecule has 0 bridgehead atoms. The van der Waals surface area contributed by atoms with Crippen molar-refractivity contribution in [3.63, 3.8) is 0 Å². The number of halogens is 1. The lowest BCUT2D eigenvalue weighted by molar-refractivity contribution is 1.24. The summed E-state index contributed by atoms with van der Waals surface area (Å²) in [5, 5.41) is 6.47. The summed E-state index contributed by atoms with van der Waals surface area (Å²) >= 11 is 7.42. The molecule has 0 radical (unpaired) electrons. The van der Waals surface area contributed by atoms with Crippen LogP contribution in [-0.2, 0) is 0 Å². The molecular formula is C14H11ClN4S. The Morgan fingerprint density at radius 3 is 2.90 bits per heavy atom. The predicted molar refractivity (Wildman–Crippen MR) is 82.6 cm³/mol. The first kappa shape index (κ1) is 13.0. The highest BCUT2D eigenvalue weighted by atomic mass is 35.5. The van der Waals surface area contributed by atoms with Crippen molar-refractivity contribution in [2.75, 3.05) is 5.32 Å². The zero-order valence-electron chi connectivity index (χ0n) is 10.7. The molecule has 0 spiro atoms. The molecule has 0 aliphatic heterocycles. The van der Waals surface area contributed by atoms with Crippen molar-refractivity contribution in [3.8, 4) is 11.3 Å². The molecule has 1 N–H and O–H groups in total. The van der Waals surface area contributed by atoms with Gasteiger partial charge in [0.15, 0.2) is 5.13 Å². The van der Waals surface area contributed by atoms with E-state index in [2.05, 4.69) is 20.3 Å².